The maximum atomic E-state index is 11.8. The third kappa shape index (κ3) is 7.48. The molecule has 2 aromatic rings. The Morgan fingerprint density at radius 1 is 0.968 bits per heavy atom. The van der Waals surface area contributed by atoms with Gasteiger partial charge in [-0.15, -0.1) is 0 Å². The van der Waals surface area contributed by atoms with Crippen LogP contribution in [0.3, 0.4) is 0 Å². The van der Waals surface area contributed by atoms with Gasteiger partial charge < -0.3 is 9.16 Å². The molecular formula is C27H36O3Si. The highest BCUT2D eigenvalue weighted by atomic mass is 28.2. The second-order valence-electron chi connectivity index (χ2n) is 9.64. The number of esters is 1. The van der Waals surface area contributed by atoms with Crippen molar-refractivity contribution in [2.75, 3.05) is 6.61 Å². The molecule has 0 saturated heterocycles. The van der Waals surface area contributed by atoms with E-state index >= 15 is 0 Å². The summed E-state index contributed by atoms with van der Waals surface area (Å²) in [5.74, 6) is 0.111. The molecule has 0 fully saturated rings. The summed E-state index contributed by atoms with van der Waals surface area (Å²) in [6.45, 7) is 17.6. The van der Waals surface area contributed by atoms with Crippen molar-refractivity contribution in [3.8, 4) is 0 Å². The first-order chi connectivity index (χ1) is 14.4. The van der Waals surface area contributed by atoms with Crippen molar-refractivity contribution in [3.05, 3.63) is 70.3 Å². The first kappa shape index (κ1) is 25.1. The molecule has 0 atom stereocenters. The van der Waals surface area contributed by atoms with Crippen LogP contribution < -0.4 is 0 Å². The molecular weight excluding hydrogens is 400 g/mol. The molecule has 166 valence electrons. The van der Waals surface area contributed by atoms with Crippen LogP contribution in [-0.4, -0.2) is 22.3 Å². The van der Waals surface area contributed by atoms with Gasteiger partial charge in [0.15, 0.2) is 0 Å². The molecule has 0 N–H and O–H groups in total. The van der Waals surface area contributed by atoms with E-state index in [1.54, 1.807) is 12.1 Å². The standard InChI is InChI=1S/C27H36O3Si/c1-9-29-25(28)22-15-12-20(13-16-22)10-11-21-14-17-24(23(18-21)19(2)3)27(7,8)30-31-26(4,5)6/h10-19H,9H2,1-8H3. The minimum Gasteiger partial charge on any atom is -0.462 e. The summed E-state index contributed by atoms with van der Waals surface area (Å²) >= 11 is 0. The molecule has 3 nitrogen and oxygen atoms in total. The monoisotopic (exact) mass is 436 g/mol. The van der Waals surface area contributed by atoms with E-state index in [0.29, 0.717) is 27.9 Å². The molecule has 0 amide bonds. The van der Waals surface area contributed by atoms with Crippen LogP contribution in [0.25, 0.3) is 12.2 Å². The maximum Gasteiger partial charge on any atom is 0.338 e. The molecule has 0 saturated carbocycles. The van der Waals surface area contributed by atoms with Crippen molar-refractivity contribution in [2.24, 2.45) is 0 Å². The van der Waals surface area contributed by atoms with Crippen LogP contribution in [0.2, 0.25) is 5.04 Å². The van der Waals surface area contributed by atoms with Gasteiger partial charge in [0.2, 0.25) is 9.76 Å². The van der Waals surface area contributed by atoms with Gasteiger partial charge in [0, 0.05) is 0 Å². The summed E-state index contributed by atoms with van der Waals surface area (Å²) in [5, 5.41) is 0.154. The molecule has 0 aliphatic heterocycles. The lowest BCUT2D eigenvalue weighted by Gasteiger charge is -2.32. The van der Waals surface area contributed by atoms with Crippen LogP contribution in [0, 0.1) is 0 Å². The smallest absolute Gasteiger partial charge is 0.338 e. The van der Waals surface area contributed by atoms with E-state index in [2.05, 4.69) is 78.8 Å². The van der Waals surface area contributed by atoms with Crippen molar-refractivity contribution < 1.29 is 14.0 Å². The summed E-state index contributed by atoms with van der Waals surface area (Å²) < 4.78 is 11.4. The van der Waals surface area contributed by atoms with Crippen LogP contribution >= 0.6 is 0 Å². The third-order valence-electron chi connectivity index (χ3n) is 4.85. The van der Waals surface area contributed by atoms with Gasteiger partial charge in [0.1, 0.15) is 0 Å². The lowest BCUT2D eigenvalue weighted by Crippen LogP contribution is -2.29. The average molecular weight is 437 g/mol. The highest BCUT2D eigenvalue weighted by Gasteiger charge is 2.28. The van der Waals surface area contributed by atoms with Gasteiger partial charge >= 0.3 is 5.97 Å². The minimum atomic E-state index is -0.337. The van der Waals surface area contributed by atoms with E-state index in [-0.39, 0.29) is 16.6 Å². The lowest BCUT2D eigenvalue weighted by atomic mass is 9.86. The van der Waals surface area contributed by atoms with E-state index in [4.69, 9.17) is 9.16 Å². The van der Waals surface area contributed by atoms with Gasteiger partial charge in [-0.25, -0.2) is 4.79 Å². The number of carbonyl (C=O) groups is 1. The van der Waals surface area contributed by atoms with Gasteiger partial charge in [-0.1, -0.05) is 77.1 Å². The first-order valence-corrected chi connectivity index (χ1v) is 11.9. The van der Waals surface area contributed by atoms with Crippen LogP contribution in [-0.2, 0) is 14.8 Å². The number of ether oxygens (including phenoxy) is 1. The third-order valence-corrected chi connectivity index (χ3v) is 6.07. The van der Waals surface area contributed by atoms with Gasteiger partial charge in [-0.2, -0.15) is 0 Å². The Balaban J connectivity index is 2.23. The van der Waals surface area contributed by atoms with Crippen LogP contribution in [0.4, 0.5) is 0 Å². The van der Waals surface area contributed by atoms with E-state index in [1.807, 2.05) is 19.1 Å². The van der Waals surface area contributed by atoms with Gasteiger partial charge in [-0.3, -0.25) is 0 Å². The average Bonchev–Trinajstić information content (AvgIpc) is 2.70. The Kier molecular flexibility index (Phi) is 8.44. The van der Waals surface area contributed by atoms with E-state index in [0.717, 1.165) is 11.1 Å². The molecule has 0 bridgehead atoms. The number of carbonyl (C=O) groups excluding carboxylic acids is 1. The topological polar surface area (TPSA) is 35.5 Å². The number of hydrogen-bond donors (Lipinski definition) is 0. The van der Waals surface area contributed by atoms with Crippen molar-refractivity contribution in [1.29, 1.82) is 0 Å². The molecule has 4 heteroatoms. The Morgan fingerprint density at radius 3 is 2.10 bits per heavy atom. The van der Waals surface area contributed by atoms with Crippen molar-refractivity contribution in [3.63, 3.8) is 0 Å². The Labute approximate surface area is 190 Å². The van der Waals surface area contributed by atoms with Crippen LogP contribution in [0.5, 0.6) is 0 Å². The molecule has 2 radical (unpaired) electrons. The predicted molar refractivity (Wildman–Crippen MR) is 131 cm³/mol. The normalized spacial score (nSPS) is 12.5. The van der Waals surface area contributed by atoms with Crippen LogP contribution in [0.15, 0.2) is 42.5 Å². The summed E-state index contributed by atoms with van der Waals surface area (Å²) in [6.07, 6.45) is 4.18. The van der Waals surface area contributed by atoms with Crippen molar-refractivity contribution >= 4 is 27.9 Å². The fourth-order valence-corrected chi connectivity index (χ4v) is 3.85. The molecule has 2 aromatic carbocycles. The molecule has 0 heterocycles. The second-order valence-corrected chi connectivity index (χ2v) is 11.5. The van der Waals surface area contributed by atoms with Crippen molar-refractivity contribution in [2.45, 2.75) is 71.9 Å². The zero-order valence-electron chi connectivity index (χ0n) is 20.2. The van der Waals surface area contributed by atoms with Gasteiger partial charge in [-0.05, 0) is 66.1 Å². The summed E-state index contributed by atoms with van der Waals surface area (Å²) in [5.41, 5.74) is 4.98. The molecule has 0 aromatic heterocycles. The van der Waals surface area contributed by atoms with Gasteiger partial charge in [0.25, 0.3) is 0 Å². The Morgan fingerprint density at radius 2 is 1.55 bits per heavy atom. The zero-order chi connectivity index (χ0) is 23.2. The minimum absolute atomic E-state index is 0.154. The molecule has 0 spiro atoms. The molecule has 0 aliphatic rings. The van der Waals surface area contributed by atoms with E-state index in [9.17, 15) is 4.79 Å². The number of hydrogen-bond acceptors (Lipinski definition) is 3. The van der Waals surface area contributed by atoms with Gasteiger partial charge in [0.05, 0.1) is 17.8 Å². The second kappa shape index (κ2) is 10.4. The SMILES string of the molecule is CCOC(=O)c1ccc(C=Cc2ccc(C(C)(C)O[Si]C(C)(C)C)c(C(C)C)c2)cc1. The summed E-state index contributed by atoms with van der Waals surface area (Å²) in [7, 11) is 0.437. The number of rotatable bonds is 8. The maximum absolute atomic E-state index is 11.8. The Hall–Kier alpha value is -2.17. The van der Waals surface area contributed by atoms with Crippen molar-refractivity contribution in [1.82, 2.24) is 0 Å². The largest absolute Gasteiger partial charge is 0.462 e. The molecule has 31 heavy (non-hydrogen) atoms. The van der Waals surface area contributed by atoms with Crippen LogP contribution in [0.1, 0.15) is 93.9 Å². The summed E-state index contributed by atoms with van der Waals surface area (Å²) in [4.78, 5) is 11.8. The molecule has 0 aliphatic carbocycles. The Bertz CT molecular complexity index is 903. The highest BCUT2D eigenvalue weighted by Crippen LogP contribution is 2.35. The predicted octanol–water partition coefficient (Wildman–Crippen LogP) is 7.25. The number of benzene rings is 2. The fraction of sp³-hybridized carbons (Fsp3) is 0.444. The van der Waals surface area contributed by atoms with E-state index in [1.165, 1.54) is 11.1 Å². The fourth-order valence-electron chi connectivity index (χ4n) is 3.18. The molecule has 0 unspecified atom stereocenters. The first-order valence-electron chi connectivity index (χ1n) is 11.0. The summed E-state index contributed by atoms with van der Waals surface area (Å²) in [6, 6.07) is 14.1. The quantitative estimate of drug-likeness (QED) is 0.248. The molecule has 2 rings (SSSR count). The zero-order valence-corrected chi connectivity index (χ0v) is 21.2. The highest BCUT2D eigenvalue weighted by molar-refractivity contribution is 6.31. The lowest BCUT2D eigenvalue weighted by molar-refractivity contribution is 0.0526. The van der Waals surface area contributed by atoms with E-state index < -0.39 is 0 Å².